The van der Waals surface area contributed by atoms with Crippen LogP contribution in [0.5, 0.6) is 0 Å². The number of fused-ring (bicyclic) bond motifs is 1. The summed E-state index contributed by atoms with van der Waals surface area (Å²) in [5, 5.41) is 8.39. The zero-order valence-electron chi connectivity index (χ0n) is 7.18. The van der Waals surface area contributed by atoms with Crippen molar-refractivity contribution in [3.05, 3.63) is 36.6 Å². The average Bonchev–Trinajstić information content (AvgIpc) is 2.79. The fourth-order valence-corrected chi connectivity index (χ4v) is 1.39. The molecule has 0 saturated carbocycles. The lowest BCUT2D eigenvalue weighted by molar-refractivity contribution is 0.382. The van der Waals surface area contributed by atoms with E-state index >= 15 is 0 Å². The van der Waals surface area contributed by atoms with Crippen LogP contribution in [0.2, 0.25) is 0 Å². The summed E-state index contributed by atoms with van der Waals surface area (Å²) in [4.78, 5) is 0. The third-order valence-corrected chi connectivity index (χ3v) is 2.06. The summed E-state index contributed by atoms with van der Waals surface area (Å²) in [6.07, 6.45) is 1.54. The quantitative estimate of drug-likeness (QED) is 0.585. The van der Waals surface area contributed by atoms with Crippen molar-refractivity contribution < 1.29 is 9.05 Å². The van der Waals surface area contributed by atoms with E-state index in [1.54, 1.807) is 0 Å². The summed E-state index contributed by atoms with van der Waals surface area (Å²) in [5.74, 6) is 0. The zero-order chi connectivity index (χ0) is 9.38. The van der Waals surface area contributed by atoms with E-state index in [1.165, 1.54) is 6.26 Å². The van der Waals surface area contributed by atoms with Gasteiger partial charge in [0.1, 0.15) is 17.3 Å². The van der Waals surface area contributed by atoms with Crippen molar-refractivity contribution in [1.29, 1.82) is 0 Å². The smallest absolute Gasteiger partial charge is 0.297 e. The average molecular weight is 186 g/mol. The first-order valence-electron chi connectivity index (χ1n) is 4.20. The highest BCUT2D eigenvalue weighted by molar-refractivity contribution is 5.88. The van der Waals surface area contributed by atoms with E-state index in [4.69, 9.17) is 9.05 Å². The van der Waals surface area contributed by atoms with Crippen molar-refractivity contribution >= 4 is 11.1 Å². The van der Waals surface area contributed by atoms with Crippen molar-refractivity contribution in [2.24, 2.45) is 0 Å². The molecule has 0 unspecified atom stereocenters. The first-order chi connectivity index (χ1) is 6.95. The molecule has 0 atom stereocenters. The Morgan fingerprint density at radius 2 is 1.86 bits per heavy atom. The second kappa shape index (κ2) is 2.70. The van der Waals surface area contributed by atoms with E-state index in [0.29, 0.717) is 5.71 Å². The van der Waals surface area contributed by atoms with Gasteiger partial charge in [-0.2, -0.15) is 0 Å². The van der Waals surface area contributed by atoms with E-state index in [0.717, 1.165) is 16.6 Å². The number of rotatable bonds is 1. The third-order valence-electron chi connectivity index (χ3n) is 2.06. The molecule has 0 aliphatic carbocycles. The van der Waals surface area contributed by atoms with Crippen LogP contribution in [0.25, 0.3) is 22.4 Å². The van der Waals surface area contributed by atoms with Crippen LogP contribution in [-0.2, 0) is 0 Å². The minimum atomic E-state index is 0.434. The first kappa shape index (κ1) is 7.32. The molecule has 0 aliphatic rings. The molecule has 0 bridgehead atoms. The van der Waals surface area contributed by atoms with Crippen LogP contribution in [-0.4, -0.2) is 10.3 Å². The maximum atomic E-state index is 4.99. The Hall–Kier alpha value is -2.10. The van der Waals surface area contributed by atoms with Gasteiger partial charge in [-0.15, -0.1) is 0 Å². The predicted octanol–water partition coefficient (Wildman–Crippen LogP) is 2.48. The lowest BCUT2D eigenvalue weighted by Crippen LogP contribution is -1.75. The largest absolute Gasteiger partial charge is 0.360 e. The summed E-state index contributed by atoms with van der Waals surface area (Å²) < 4.78 is 9.77. The van der Waals surface area contributed by atoms with Crippen LogP contribution in [0.15, 0.2) is 45.6 Å². The minimum Gasteiger partial charge on any atom is -0.360 e. The van der Waals surface area contributed by atoms with Crippen LogP contribution in [0, 0.1) is 0 Å². The van der Waals surface area contributed by atoms with Crippen LogP contribution < -0.4 is 0 Å². The van der Waals surface area contributed by atoms with Gasteiger partial charge >= 0.3 is 0 Å². The first-order valence-corrected chi connectivity index (χ1v) is 4.20. The van der Waals surface area contributed by atoms with Gasteiger partial charge in [-0.3, -0.25) is 0 Å². The van der Waals surface area contributed by atoms with Crippen LogP contribution in [0.4, 0.5) is 0 Å². The summed E-state index contributed by atoms with van der Waals surface area (Å²) in [7, 11) is 0. The van der Waals surface area contributed by atoms with Gasteiger partial charge in [0, 0.05) is 5.56 Å². The molecule has 2 aromatic heterocycles. The highest BCUT2D eigenvalue weighted by atomic mass is 16.5. The van der Waals surface area contributed by atoms with E-state index < -0.39 is 0 Å². The summed E-state index contributed by atoms with van der Waals surface area (Å²) in [6.45, 7) is 0. The molecule has 4 nitrogen and oxygen atoms in total. The molecule has 0 fully saturated rings. The lowest BCUT2D eigenvalue weighted by atomic mass is 10.1. The Morgan fingerprint density at radius 1 is 1.00 bits per heavy atom. The Labute approximate surface area is 79.1 Å². The fraction of sp³-hybridized carbons (Fsp3) is 0. The maximum absolute atomic E-state index is 4.99. The molecule has 14 heavy (non-hydrogen) atoms. The van der Waals surface area contributed by atoms with Crippen molar-refractivity contribution in [2.45, 2.75) is 0 Å². The van der Waals surface area contributed by atoms with Crippen LogP contribution in [0.3, 0.4) is 0 Å². The SMILES string of the molecule is c1ccc(-c2noc3nocc23)cc1. The molecule has 3 rings (SSSR count). The van der Waals surface area contributed by atoms with Gasteiger partial charge in [-0.25, -0.2) is 0 Å². The van der Waals surface area contributed by atoms with Gasteiger partial charge in [0.15, 0.2) is 0 Å². The molecule has 0 saturated heterocycles. The summed E-state index contributed by atoms with van der Waals surface area (Å²) in [5.41, 5.74) is 2.19. The number of hydrogen-bond donors (Lipinski definition) is 0. The monoisotopic (exact) mass is 186 g/mol. The van der Waals surface area contributed by atoms with Gasteiger partial charge in [-0.1, -0.05) is 35.5 Å². The molecule has 4 heteroatoms. The Bertz CT molecular complexity index is 554. The Balaban J connectivity index is 2.28. The molecule has 68 valence electrons. The van der Waals surface area contributed by atoms with Crippen molar-refractivity contribution in [3.8, 4) is 11.3 Å². The van der Waals surface area contributed by atoms with Gasteiger partial charge in [0.2, 0.25) is 0 Å². The van der Waals surface area contributed by atoms with Crippen LogP contribution >= 0.6 is 0 Å². The standard InChI is InChI=1S/C10H6N2O2/c1-2-4-7(5-3-1)9-8-6-13-12-10(8)14-11-9/h1-6H. The van der Waals surface area contributed by atoms with E-state index in [9.17, 15) is 0 Å². The molecule has 0 aliphatic heterocycles. The molecular formula is C10H6N2O2. The third kappa shape index (κ3) is 0.939. The minimum absolute atomic E-state index is 0.434. The molecule has 3 aromatic rings. The predicted molar refractivity (Wildman–Crippen MR) is 49.5 cm³/mol. The number of nitrogens with zero attached hydrogens (tertiary/aromatic N) is 2. The van der Waals surface area contributed by atoms with E-state index in [1.807, 2.05) is 30.3 Å². The van der Waals surface area contributed by atoms with Gasteiger partial charge in [0.25, 0.3) is 5.71 Å². The second-order valence-electron chi connectivity index (χ2n) is 2.93. The molecule has 1 aromatic carbocycles. The second-order valence-corrected chi connectivity index (χ2v) is 2.93. The summed E-state index contributed by atoms with van der Waals surface area (Å²) >= 11 is 0. The van der Waals surface area contributed by atoms with Gasteiger partial charge < -0.3 is 9.05 Å². The number of benzene rings is 1. The van der Waals surface area contributed by atoms with Gasteiger partial charge in [0.05, 0.1) is 0 Å². The van der Waals surface area contributed by atoms with E-state index in [2.05, 4.69) is 10.3 Å². The molecule has 0 radical (unpaired) electrons. The van der Waals surface area contributed by atoms with E-state index in [-0.39, 0.29) is 0 Å². The van der Waals surface area contributed by atoms with Crippen molar-refractivity contribution in [2.75, 3.05) is 0 Å². The normalized spacial score (nSPS) is 10.9. The van der Waals surface area contributed by atoms with Crippen molar-refractivity contribution in [3.63, 3.8) is 0 Å². The Morgan fingerprint density at radius 3 is 2.71 bits per heavy atom. The topological polar surface area (TPSA) is 52.1 Å². The number of aromatic nitrogens is 2. The fourth-order valence-electron chi connectivity index (χ4n) is 1.39. The van der Waals surface area contributed by atoms with Gasteiger partial charge in [-0.05, 0) is 5.16 Å². The van der Waals surface area contributed by atoms with Crippen LogP contribution in [0.1, 0.15) is 0 Å². The molecule has 0 spiro atoms. The summed E-state index contributed by atoms with van der Waals surface area (Å²) in [6, 6.07) is 9.77. The molecule has 0 N–H and O–H groups in total. The highest BCUT2D eigenvalue weighted by Gasteiger charge is 2.12. The lowest BCUT2D eigenvalue weighted by Gasteiger charge is -1.92. The maximum Gasteiger partial charge on any atom is 0.297 e. The molecular weight excluding hydrogens is 180 g/mol. The Kier molecular flexibility index (Phi) is 1.41. The van der Waals surface area contributed by atoms with Crippen molar-refractivity contribution in [1.82, 2.24) is 10.3 Å². The number of hydrogen-bond acceptors (Lipinski definition) is 4. The zero-order valence-corrected chi connectivity index (χ0v) is 7.18. The molecule has 2 heterocycles. The highest BCUT2D eigenvalue weighted by Crippen LogP contribution is 2.26. The molecule has 0 amide bonds.